The van der Waals surface area contributed by atoms with E-state index in [9.17, 15) is 9.90 Å². The number of carbonyl (C=O) groups excluding carboxylic acids is 1. The third-order valence-electron chi connectivity index (χ3n) is 3.33. The SMILES string of the molecule is C[C@@H](O)[C@H]1C[C@]1(C(N)=O)c1ccccc1. The van der Waals surface area contributed by atoms with Gasteiger partial charge >= 0.3 is 0 Å². The van der Waals surface area contributed by atoms with Gasteiger partial charge in [0.2, 0.25) is 5.91 Å². The molecule has 0 bridgehead atoms. The molecule has 0 radical (unpaired) electrons. The molecule has 1 amide bonds. The van der Waals surface area contributed by atoms with Gasteiger partial charge in [-0.05, 0) is 18.9 Å². The normalized spacial score (nSPS) is 30.9. The van der Waals surface area contributed by atoms with Crippen LogP contribution < -0.4 is 5.73 Å². The Kier molecular flexibility index (Phi) is 2.27. The van der Waals surface area contributed by atoms with Crippen molar-refractivity contribution < 1.29 is 9.90 Å². The van der Waals surface area contributed by atoms with Gasteiger partial charge in [-0.2, -0.15) is 0 Å². The fraction of sp³-hybridized carbons (Fsp3) is 0.417. The van der Waals surface area contributed by atoms with Gasteiger partial charge in [0.1, 0.15) is 0 Å². The van der Waals surface area contributed by atoms with E-state index in [1.807, 2.05) is 30.3 Å². The minimum atomic E-state index is -0.630. The van der Waals surface area contributed by atoms with E-state index in [0.717, 1.165) is 5.56 Å². The lowest BCUT2D eigenvalue weighted by Gasteiger charge is -2.15. The predicted molar refractivity (Wildman–Crippen MR) is 57.1 cm³/mol. The molecule has 3 atom stereocenters. The molecule has 80 valence electrons. The van der Waals surface area contributed by atoms with Crippen LogP contribution in [0.2, 0.25) is 0 Å². The van der Waals surface area contributed by atoms with Crippen molar-refractivity contribution in [2.75, 3.05) is 0 Å². The molecule has 1 aromatic rings. The summed E-state index contributed by atoms with van der Waals surface area (Å²) in [6.45, 7) is 1.71. The number of hydrogen-bond donors (Lipinski definition) is 2. The lowest BCUT2D eigenvalue weighted by molar-refractivity contribution is -0.121. The molecular weight excluding hydrogens is 190 g/mol. The minimum Gasteiger partial charge on any atom is -0.393 e. The molecule has 3 N–H and O–H groups in total. The summed E-state index contributed by atoms with van der Waals surface area (Å²) in [5.74, 6) is -0.364. The molecule has 2 rings (SSSR count). The van der Waals surface area contributed by atoms with Gasteiger partial charge in [-0.15, -0.1) is 0 Å². The molecule has 3 nitrogen and oxygen atoms in total. The molecule has 0 aromatic heterocycles. The van der Waals surface area contributed by atoms with Crippen LogP contribution in [0.3, 0.4) is 0 Å². The Bertz CT molecular complexity index is 374. The molecule has 0 aliphatic heterocycles. The zero-order valence-corrected chi connectivity index (χ0v) is 8.68. The maximum absolute atomic E-state index is 11.5. The van der Waals surface area contributed by atoms with E-state index in [1.165, 1.54) is 0 Å². The van der Waals surface area contributed by atoms with Crippen molar-refractivity contribution in [3.63, 3.8) is 0 Å². The van der Waals surface area contributed by atoms with Crippen LogP contribution in [0.5, 0.6) is 0 Å². The number of hydrogen-bond acceptors (Lipinski definition) is 2. The summed E-state index contributed by atoms with van der Waals surface area (Å²) in [5, 5.41) is 9.53. The van der Waals surface area contributed by atoms with Crippen LogP contribution in [0.1, 0.15) is 18.9 Å². The summed E-state index contributed by atoms with van der Waals surface area (Å²) >= 11 is 0. The Morgan fingerprint density at radius 1 is 1.53 bits per heavy atom. The van der Waals surface area contributed by atoms with E-state index < -0.39 is 11.5 Å². The summed E-state index contributed by atoms with van der Waals surface area (Å²) in [5.41, 5.74) is 5.73. The summed E-state index contributed by atoms with van der Waals surface area (Å²) in [6, 6.07) is 9.47. The third kappa shape index (κ3) is 1.43. The lowest BCUT2D eigenvalue weighted by atomic mass is 9.91. The van der Waals surface area contributed by atoms with Gasteiger partial charge in [0.25, 0.3) is 0 Å². The quantitative estimate of drug-likeness (QED) is 0.767. The largest absolute Gasteiger partial charge is 0.393 e. The van der Waals surface area contributed by atoms with E-state index in [-0.39, 0.29) is 11.8 Å². The van der Waals surface area contributed by atoms with Crippen molar-refractivity contribution in [3.05, 3.63) is 35.9 Å². The summed E-state index contributed by atoms with van der Waals surface area (Å²) in [4.78, 5) is 11.5. The summed E-state index contributed by atoms with van der Waals surface area (Å²) < 4.78 is 0. The number of amides is 1. The predicted octanol–water partition coefficient (Wildman–Crippen LogP) is 0.810. The van der Waals surface area contributed by atoms with Crippen molar-refractivity contribution in [1.29, 1.82) is 0 Å². The zero-order chi connectivity index (χ0) is 11.1. The highest BCUT2D eigenvalue weighted by Crippen LogP contribution is 2.55. The van der Waals surface area contributed by atoms with Gasteiger partial charge in [-0.3, -0.25) is 4.79 Å². The Morgan fingerprint density at radius 3 is 2.53 bits per heavy atom. The first kappa shape index (κ1) is 10.2. The van der Waals surface area contributed by atoms with Crippen LogP contribution >= 0.6 is 0 Å². The highest BCUT2D eigenvalue weighted by Gasteiger charge is 2.61. The van der Waals surface area contributed by atoms with E-state index in [4.69, 9.17) is 5.73 Å². The third-order valence-corrected chi connectivity index (χ3v) is 3.33. The van der Waals surface area contributed by atoms with Gasteiger partial charge in [0, 0.05) is 5.92 Å². The average Bonchev–Trinajstić information content (AvgIpc) is 2.95. The fourth-order valence-corrected chi connectivity index (χ4v) is 2.36. The molecule has 1 aromatic carbocycles. The van der Waals surface area contributed by atoms with Gasteiger partial charge in [-0.1, -0.05) is 30.3 Å². The Hall–Kier alpha value is -1.35. The number of primary amides is 1. The van der Waals surface area contributed by atoms with Gasteiger partial charge in [-0.25, -0.2) is 0 Å². The molecule has 3 heteroatoms. The van der Waals surface area contributed by atoms with Crippen LogP contribution in [0, 0.1) is 5.92 Å². The molecule has 0 unspecified atom stereocenters. The van der Waals surface area contributed by atoms with Crippen LogP contribution in [0.4, 0.5) is 0 Å². The minimum absolute atomic E-state index is 0.0302. The number of aliphatic hydroxyl groups is 1. The first-order valence-corrected chi connectivity index (χ1v) is 5.12. The fourth-order valence-electron chi connectivity index (χ4n) is 2.36. The van der Waals surface area contributed by atoms with Crippen LogP contribution in [0.15, 0.2) is 30.3 Å². The first-order valence-electron chi connectivity index (χ1n) is 5.12. The average molecular weight is 205 g/mol. The second-order valence-corrected chi connectivity index (χ2v) is 4.25. The molecule has 1 aliphatic carbocycles. The maximum Gasteiger partial charge on any atom is 0.228 e. The van der Waals surface area contributed by atoms with Crippen molar-refractivity contribution in [2.45, 2.75) is 24.9 Å². The molecule has 1 aliphatic rings. The van der Waals surface area contributed by atoms with Crippen LogP contribution in [-0.4, -0.2) is 17.1 Å². The summed E-state index contributed by atoms with van der Waals surface area (Å²) in [7, 11) is 0. The monoisotopic (exact) mass is 205 g/mol. The molecule has 15 heavy (non-hydrogen) atoms. The van der Waals surface area contributed by atoms with E-state index in [1.54, 1.807) is 6.92 Å². The van der Waals surface area contributed by atoms with Gasteiger partial charge in [0.15, 0.2) is 0 Å². The molecule has 0 spiro atoms. The second kappa shape index (κ2) is 3.35. The Labute approximate surface area is 88.9 Å². The maximum atomic E-state index is 11.5. The smallest absolute Gasteiger partial charge is 0.228 e. The Balaban J connectivity index is 2.36. The number of rotatable bonds is 3. The summed E-state index contributed by atoms with van der Waals surface area (Å²) in [6.07, 6.45) is 0.169. The molecule has 0 heterocycles. The standard InChI is InChI=1S/C12H15NO2/c1-8(14)10-7-12(10,11(13)15)9-5-3-2-4-6-9/h2-6,8,10,14H,7H2,1H3,(H2,13,15)/t8-,10-,12+/m1/s1. The lowest BCUT2D eigenvalue weighted by Crippen LogP contribution is -2.32. The van der Waals surface area contributed by atoms with E-state index >= 15 is 0 Å². The van der Waals surface area contributed by atoms with E-state index in [2.05, 4.69) is 0 Å². The number of benzene rings is 1. The zero-order valence-electron chi connectivity index (χ0n) is 8.68. The first-order chi connectivity index (χ1) is 7.09. The van der Waals surface area contributed by atoms with Crippen LogP contribution in [0.25, 0.3) is 0 Å². The molecule has 0 saturated heterocycles. The van der Waals surface area contributed by atoms with Crippen molar-refractivity contribution in [2.24, 2.45) is 11.7 Å². The molecular formula is C12H15NO2. The number of aliphatic hydroxyl groups excluding tert-OH is 1. The molecule has 1 fully saturated rings. The van der Waals surface area contributed by atoms with Gasteiger partial charge in [0.05, 0.1) is 11.5 Å². The van der Waals surface area contributed by atoms with Crippen molar-refractivity contribution >= 4 is 5.91 Å². The second-order valence-electron chi connectivity index (χ2n) is 4.25. The van der Waals surface area contributed by atoms with Crippen molar-refractivity contribution in [3.8, 4) is 0 Å². The number of carbonyl (C=O) groups is 1. The Morgan fingerprint density at radius 2 is 2.13 bits per heavy atom. The highest BCUT2D eigenvalue weighted by molar-refractivity contribution is 5.90. The van der Waals surface area contributed by atoms with E-state index in [0.29, 0.717) is 6.42 Å². The number of nitrogens with two attached hydrogens (primary N) is 1. The molecule has 1 saturated carbocycles. The van der Waals surface area contributed by atoms with Crippen LogP contribution in [-0.2, 0) is 10.2 Å². The highest BCUT2D eigenvalue weighted by atomic mass is 16.3. The van der Waals surface area contributed by atoms with Gasteiger partial charge < -0.3 is 10.8 Å². The van der Waals surface area contributed by atoms with Crippen molar-refractivity contribution in [1.82, 2.24) is 0 Å². The topological polar surface area (TPSA) is 63.3 Å².